The number of nitrogens with zero attached hydrogens (tertiary/aromatic N) is 5. The van der Waals surface area contributed by atoms with Crippen LogP contribution >= 0.6 is 0 Å². The maximum absolute atomic E-state index is 12.9. The summed E-state index contributed by atoms with van der Waals surface area (Å²) in [6.07, 6.45) is 11.6. The van der Waals surface area contributed by atoms with Crippen molar-refractivity contribution in [3.63, 3.8) is 0 Å². The van der Waals surface area contributed by atoms with Crippen molar-refractivity contribution in [2.24, 2.45) is 11.8 Å². The van der Waals surface area contributed by atoms with E-state index < -0.39 is 5.60 Å². The first kappa shape index (κ1) is 28.8. The molecule has 41 heavy (non-hydrogen) atoms. The van der Waals surface area contributed by atoms with E-state index in [0.29, 0.717) is 24.0 Å². The highest BCUT2D eigenvalue weighted by molar-refractivity contribution is 5.79. The van der Waals surface area contributed by atoms with Gasteiger partial charge in [-0.15, -0.1) is 0 Å². The van der Waals surface area contributed by atoms with E-state index in [1.54, 1.807) is 4.90 Å². The van der Waals surface area contributed by atoms with E-state index in [4.69, 9.17) is 9.72 Å². The summed E-state index contributed by atoms with van der Waals surface area (Å²) in [5.74, 6) is 1.58. The van der Waals surface area contributed by atoms with Gasteiger partial charge in [0.25, 0.3) is 0 Å². The summed E-state index contributed by atoms with van der Waals surface area (Å²) in [6.45, 7) is 12.7. The Morgan fingerprint density at radius 2 is 1.71 bits per heavy atom. The molecule has 0 radical (unpaired) electrons. The van der Waals surface area contributed by atoms with Gasteiger partial charge in [0.15, 0.2) is 0 Å². The van der Waals surface area contributed by atoms with Crippen LogP contribution < -0.4 is 4.90 Å². The molecule has 1 N–H and O–H groups in total. The molecule has 3 aliphatic heterocycles. The predicted octanol–water partition coefficient (Wildman–Crippen LogP) is 5.84. The molecule has 0 spiro atoms. The monoisotopic (exact) mass is 565 g/mol. The van der Waals surface area contributed by atoms with Gasteiger partial charge in [0.05, 0.1) is 23.7 Å². The van der Waals surface area contributed by atoms with Gasteiger partial charge >= 0.3 is 6.09 Å². The van der Waals surface area contributed by atoms with Crippen molar-refractivity contribution in [1.29, 1.82) is 0 Å². The normalized spacial score (nSPS) is 28.1. The third-order valence-electron chi connectivity index (χ3n) is 10.5. The predicted molar refractivity (Wildman–Crippen MR) is 163 cm³/mol. The van der Waals surface area contributed by atoms with Crippen LogP contribution in [-0.4, -0.2) is 87.1 Å². The SMILES string of the molecule is CC(C)(C)OC(=O)N1CC2CN(c3nc4ccccc4n3C3CCN(C4(C)CCCCCCC4)CC3)CC2C1CO. The molecule has 2 aromatic rings. The number of rotatable bonds is 4. The molecular formula is C33H51N5O3. The number of para-hydroxylation sites is 2. The van der Waals surface area contributed by atoms with Gasteiger partial charge in [-0.1, -0.05) is 44.2 Å². The van der Waals surface area contributed by atoms with E-state index >= 15 is 0 Å². The molecule has 1 saturated carbocycles. The number of likely N-dealkylation sites (tertiary alicyclic amines) is 2. The van der Waals surface area contributed by atoms with Crippen molar-refractivity contribution >= 4 is 23.1 Å². The number of aliphatic hydroxyl groups excluding tert-OH is 1. The zero-order chi connectivity index (χ0) is 28.8. The molecule has 1 aliphatic carbocycles. The fourth-order valence-electron chi connectivity index (χ4n) is 8.33. The molecule has 3 atom stereocenters. The number of amides is 1. The Labute approximate surface area is 246 Å². The van der Waals surface area contributed by atoms with Crippen molar-refractivity contribution in [3.05, 3.63) is 24.3 Å². The zero-order valence-corrected chi connectivity index (χ0v) is 25.7. The summed E-state index contributed by atoms with van der Waals surface area (Å²) < 4.78 is 8.22. The van der Waals surface area contributed by atoms with Crippen LogP contribution in [0, 0.1) is 11.8 Å². The number of hydrogen-bond donors (Lipinski definition) is 1. The number of piperidine rings is 1. The van der Waals surface area contributed by atoms with Gasteiger partial charge in [-0.2, -0.15) is 0 Å². The van der Waals surface area contributed by atoms with Crippen LogP contribution in [0.3, 0.4) is 0 Å². The minimum Gasteiger partial charge on any atom is -0.444 e. The number of carbonyl (C=O) groups excluding carboxylic acids is 1. The Morgan fingerprint density at radius 1 is 1.02 bits per heavy atom. The molecular weight excluding hydrogens is 514 g/mol. The lowest BCUT2D eigenvalue weighted by atomic mass is 9.82. The topological polar surface area (TPSA) is 74.1 Å². The summed E-state index contributed by atoms with van der Waals surface area (Å²) in [5, 5.41) is 10.4. The standard InChI is InChI=1S/C33H51N5O3/c1-32(2,3)41-31(40)37-21-24-20-35(22-26(24)29(37)23-39)30-34-27-12-8-9-13-28(27)38(30)25-14-18-36(19-15-25)33(4)16-10-6-5-7-11-17-33/h8-9,12-13,24-26,29,39H,5-7,10-11,14-23H2,1-4H3. The highest BCUT2D eigenvalue weighted by atomic mass is 16.6. The van der Waals surface area contributed by atoms with Crippen LogP contribution in [0.1, 0.15) is 91.5 Å². The third kappa shape index (κ3) is 5.71. The number of fused-ring (bicyclic) bond motifs is 2. The summed E-state index contributed by atoms with van der Waals surface area (Å²) in [4.78, 5) is 25.2. The molecule has 8 nitrogen and oxygen atoms in total. The van der Waals surface area contributed by atoms with Gasteiger partial charge in [-0.05, 0) is 65.5 Å². The van der Waals surface area contributed by atoms with Crippen molar-refractivity contribution in [2.45, 2.75) is 109 Å². The fraction of sp³-hybridized carbons (Fsp3) is 0.758. The lowest BCUT2D eigenvalue weighted by Crippen LogP contribution is -2.50. The second-order valence-corrected chi connectivity index (χ2v) is 14.5. The quantitative estimate of drug-likeness (QED) is 0.502. The van der Waals surface area contributed by atoms with Gasteiger partial charge in [-0.3, -0.25) is 4.90 Å². The summed E-state index contributed by atoms with van der Waals surface area (Å²) in [6, 6.07) is 8.79. The van der Waals surface area contributed by atoms with Crippen LogP contribution in [0.15, 0.2) is 24.3 Å². The number of imidazole rings is 1. The Morgan fingerprint density at radius 3 is 2.39 bits per heavy atom. The van der Waals surface area contributed by atoms with Gasteiger partial charge in [0, 0.05) is 56.1 Å². The molecule has 3 unspecified atom stereocenters. The molecule has 1 aromatic heterocycles. The van der Waals surface area contributed by atoms with Crippen LogP contribution in [-0.2, 0) is 4.74 Å². The van der Waals surface area contributed by atoms with Gasteiger partial charge < -0.3 is 24.2 Å². The summed E-state index contributed by atoms with van der Waals surface area (Å²) in [5.41, 5.74) is 2.08. The first-order valence-corrected chi connectivity index (χ1v) is 16.2. The Balaban J connectivity index is 1.20. The second-order valence-electron chi connectivity index (χ2n) is 14.5. The third-order valence-corrected chi connectivity index (χ3v) is 10.5. The van der Waals surface area contributed by atoms with Crippen molar-refractivity contribution in [3.8, 4) is 0 Å². The van der Waals surface area contributed by atoms with E-state index in [1.165, 1.54) is 50.5 Å². The van der Waals surface area contributed by atoms with Crippen LogP contribution in [0.5, 0.6) is 0 Å². The Hall–Kier alpha value is -2.32. The van der Waals surface area contributed by atoms with E-state index in [1.807, 2.05) is 20.8 Å². The smallest absolute Gasteiger partial charge is 0.410 e. The van der Waals surface area contributed by atoms with E-state index in [2.05, 4.69) is 45.6 Å². The molecule has 6 rings (SSSR count). The van der Waals surface area contributed by atoms with Crippen LogP contribution in [0.2, 0.25) is 0 Å². The number of aliphatic hydroxyl groups is 1. The van der Waals surface area contributed by atoms with Gasteiger partial charge in [0.1, 0.15) is 5.60 Å². The minimum absolute atomic E-state index is 0.0398. The molecule has 0 bridgehead atoms. The number of ether oxygens (including phenoxy) is 1. The lowest BCUT2D eigenvalue weighted by Gasteiger charge is -2.46. The molecule has 226 valence electrons. The van der Waals surface area contributed by atoms with Crippen molar-refractivity contribution in [2.75, 3.05) is 44.2 Å². The first-order chi connectivity index (χ1) is 19.7. The molecule has 4 fully saturated rings. The number of carbonyl (C=O) groups is 1. The maximum Gasteiger partial charge on any atom is 0.410 e. The highest BCUT2D eigenvalue weighted by Crippen LogP contribution is 2.42. The number of benzene rings is 1. The zero-order valence-electron chi connectivity index (χ0n) is 25.7. The Bertz CT molecular complexity index is 1210. The fourth-order valence-corrected chi connectivity index (χ4v) is 8.33. The Kier molecular flexibility index (Phi) is 8.00. The van der Waals surface area contributed by atoms with E-state index in [-0.39, 0.29) is 24.7 Å². The summed E-state index contributed by atoms with van der Waals surface area (Å²) in [7, 11) is 0. The largest absolute Gasteiger partial charge is 0.444 e. The van der Waals surface area contributed by atoms with Crippen LogP contribution in [0.25, 0.3) is 11.0 Å². The van der Waals surface area contributed by atoms with Crippen molar-refractivity contribution < 1.29 is 14.6 Å². The molecule has 1 aromatic carbocycles. The molecule has 4 heterocycles. The first-order valence-electron chi connectivity index (χ1n) is 16.2. The van der Waals surface area contributed by atoms with Crippen molar-refractivity contribution in [1.82, 2.24) is 19.4 Å². The highest BCUT2D eigenvalue weighted by Gasteiger charge is 2.50. The van der Waals surface area contributed by atoms with E-state index in [0.717, 1.165) is 50.5 Å². The molecule has 3 saturated heterocycles. The molecule has 1 amide bonds. The minimum atomic E-state index is -0.547. The summed E-state index contributed by atoms with van der Waals surface area (Å²) >= 11 is 0. The average Bonchev–Trinajstić information content (AvgIpc) is 3.60. The molecule has 8 heteroatoms. The number of hydrogen-bond acceptors (Lipinski definition) is 6. The molecule has 4 aliphatic rings. The maximum atomic E-state index is 12.9. The number of anilines is 1. The average molecular weight is 566 g/mol. The van der Waals surface area contributed by atoms with Gasteiger partial charge in [0.2, 0.25) is 5.95 Å². The number of aromatic nitrogens is 2. The van der Waals surface area contributed by atoms with Crippen LogP contribution in [0.4, 0.5) is 10.7 Å². The lowest BCUT2D eigenvalue weighted by molar-refractivity contribution is 0.0146. The second kappa shape index (κ2) is 11.4. The van der Waals surface area contributed by atoms with Gasteiger partial charge in [-0.25, -0.2) is 9.78 Å². The van der Waals surface area contributed by atoms with E-state index in [9.17, 15) is 9.90 Å².